The second kappa shape index (κ2) is 12.5. The van der Waals surface area contributed by atoms with Gasteiger partial charge in [0.15, 0.2) is 0 Å². The molecule has 0 aromatic heterocycles. The van der Waals surface area contributed by atoms with Gasteiger partial charge in [-0.05, 0) is 38.2 Å². The van der Waals surface area contributed by atoms with Crippen LogP contribution in [0.2, 0.25) is 0 Å². The first-order chi connectivity index (χ1) is 13.1. The summed E-state index contributed by atoms with van der Waals surface area (Å²) >= 11 is 0. The Morgan fingerprint density at radius 3 is 2.71 bits per heavy atom. The molecule has 0 radical (unpaired) electrons. The molecule has 2 rings (SSSR count). The van der Waals surface area contributed by atoms with Gasteiger partial charge in [0, 0.05) is 36.8 Å². The fraction of sp³-hybridized carbons (Fsp3) is 0.474. The first-order valence-corrected chi connectivity index (χ1v) is 8.96. The van der Waals surface area contributed by atoms with E-state index >= 15 is 0 Å². The van der Waals surface area contributed by atoms with Crippen LogP contribution in [0, 0.1) is 5.41 Å². The predicted octanol–water partition coefficient (Wildman–Crippen LogP) is 2.24. The molecule has 0 spiro atoms. The zero-order valence-electron chi connectivity index (χ0n) is 16.3. The molecule has 8 nitrogen and oxygen atoms in total. The number of hydrogen-bond donors (Lipinski definition) is 2. The van der Waals surface area contributed by atoms with Crippen molar-refractivity contribution >= 4 is 17.1 Å². The van der Waals surface area contributed by atoms with Crippen LogP contribution in [0.1, 0.15) is 12.5 Å². The average Bonchev–Trinajstić information content (AvgIpc) is 2.70. The van der Waals surface area contributed by atoms with Crippen molar-refractivity contribution in [1.82, 2.24) is 4.90 Å². The second-order valence-electron chi connectivity index (χ2n) is 5.88. The third kappa shape index (κ3) is 6.93. The Bertz CT molecular complexity index is 690. The maximum Gasteiger partial charge on any atom is 2.00 e. The first-order valence-electron chi connectivity index (χ1n) is 8.96. The molecule has 0 amide bonds. The molecule has 1 aromatic carbocycles. The van der Waals surface area contributed by atoms with Crippen molar-refractivity contribution < 1.29 is 35.3 Å². The van der Waals surface area contributed by atoms with E-state index < -0.39 is 0 Å². The van der Waals surface area contributed by atoms with Crippen molar-refractivity contribution in [3.8, 4) is 5.75 Å². The number of nitrogen functional groups attached to an aromatic ring is 1. The summed E-state index contributed by atoms with van der Waals surface area (Å²) in [6.07, 6.45) is 1.48. The summed E-state index contributed by atoms with van der Waals surface area (Å²) in [4.78, 5) is 2.00. The van der Waals surface area contributed by atoms with Gasteiger partial charge in [-0.1, -0.05) is 18.9 Å². The van der Waals surface area contributed by atoms with E-state index in [0.717, 1.165) is 0 Å². The minimum Gasteiger partial charge on any atom is -0.802 e. The summed E-state index contributed by atoms with van der Waals surface area (Å²) in [7, 11) is 1.65. The number of benzene rings is 1. The van der Waals surface area contributed by atoms with Crippen LogP contribution in [-0.4, -0.2) is 69.5 Å². The van der Waals surface area contributed by atoms with Crippen molar-refractivity contribution in [2.24, 2.45) is 0 Å². The summed E-state index contributed by atoms with van der Waals surface area (Å²) in [5.41, 5.74) is 6.49. The molecule has 152 valence electrons. The van der Waals surface area contributed by atoms with E-state index in [2.05, 4.69) is 5.32 Å². The van der Waals surface area contributed by atoms with Gasteiger partial charge >= 0.3 is 21.1 Å². The zero-order valence-corrected chi connectivity index (χ0v) is 19.2. The number of nitrogens with one attached hydrogen (secondary N) is 1. The standard InChI is InChI=1S/C19H27N5O3.W/c1-3-25-10-11-27-14-4-5-16(20)15(12-14)19(22)17(21)13-18(23-2)24-6-8-26-9-7-24;/h4-5,12-13,22H,3,6-11,20H2,1-2H3;/q-2;+2/b18-13+,22-19?;. The molecule has 3 N–H and O–H groups in total. The average molecular weight is 557 g/mol. The maximum absolute atomic E-state index is 10.4. The van der Waals surface area contributed by atoms with E-state index in [1.807, 2.05) is 11.8 Å². The molecular formula is C19H27N5O3W. The molecule has 9 heteroatoms. The summed E-state index contributed by atoms with van der Waals surface area (Å²) in [6, 6.07) is 5.03. The van der Waals surface area contributed by atoms with E-state index in [4.69, 9.17) is 25.4 Å². The van der Waals surface area contributed by atoms with Crippen molar-refractivity contribution in [3.63, 3.8) is 0 Å². The topological polar surface area (TPSA) is 117 Å². The van der Waals surface area contributed by atoms with Gasteiger partial charge in [0.1, 0.15) is 12.4 Å². The number of hydrogen-bond acceptors (Lipinski definition) is 6. The number of anilines is 1. The van der Waals surface area contributed by atoms with Crippen LogP contribution in [0.4, 0.5) is 5.69 Å². The molecule has 1 aliphatic rings. The van der Waals surface area contributed by atoms with Gasteiger partial charge in [-0.3, -0.25) is 0 Å². The van der Waals surface area contributed by atoms with Crippen LogP contribution in [0.5, 0.6) is 5.75 Å². The van der Waals surface area contributed by atoms with Crippen molar-refractivity contribution in [2.75, 3.05) is 58.9 Å². The molecule has 1 fully saturated rings. The second-order valence-corrected chi connectivity index (χ2v) is 5.88. The van der Waals surface area contributed by atoms with E-state index in [1.54, 1.807) is 25.2 Å². The molecule has 1 heterocycles. The van der Waals surface area contributed by atoms with Crippen molar-refractivity contribution in [3.05, 3.63) is 46.4 Å². The quantitative estimate of drug-likeness (QED) is 0.260. The van der Waals surface area contributed by atoms with Gasteiger partial charge in [0.25, 0.3) is 0 Å². The fourth-order valence-corrected chi connectivity index (χ4v) is 2.63. The van der Waals surface area contributed by atoms with Gasteiger partial charge in [-0.15, -0.1) is 5.71 Å². The van der Waals surface area contributed by atoms with Crippen LogP contribution in [0.25, 0.3) is 10.7 Å². The van der Waals surface area contributed by atoms with Crippen LogP contribution in [-0.2, 0) is 30.5 Å². The zero-order chi connectivity index (χ0) is 19.6. The number of rotatable bonds is 10. The monoisotopic (exact) mass is 557 g/mol. The van der Waals surface area contributed by atoms with Crippen molar-refractivity contribution in [2.45, 2.75) is 6.92 Å². The van der Waals surface area contributed by atoms with Crippen molar-refractivity contribution in [1.29, 1.82) is 5.41 Å². The van der Waals surface area contributed by atoms with Gasteiger partial charge in [0.05, 0.1) is 6.61 Å². The SMILES string of the molecule is CCOCCOc1ccc(N)c(C(=N)C(=[N-])/C=C(\[N-]C)N2CCOCC2)c1.[W+2]. The molecule has 0 saturated carbocycles. The molecule has 1 aromatic rings. The number of ether oxygens (including phenoxy) is 3. The Kier molecular flexibility index (Phi) is 10.8. The molecular weight excluding hydrogens is 530 g/mol. The van der Waals surface area contributed by atoms with E-state index in [0.29, 0.717) is 68.9 Å². The predicted molar refractivity (Wildman–Crippen MR) is 108 cm³/mol. The third-order valence-corrected chi connectivity index (χ3v) is 4.08. The molecule has 0 unspecified atom stereocenters. The first kappa shape index (κ1) is 24.1. The maximum atomic E-state index is 10.4. The molecule has 0 aliphatic carbocycles. The number of allylic oxidation sites excluding steroid dienone is 1. The minimum atomic E-state index is -0.208. The van der Waals surface area contributed by atoms with E-state index in [-0.39, 0.29) is 32.5 Å². The Balaban J connectivity index is 0.00000392. The van der Waals surface area contributed by atoms with Gasteiger partial charge in [-0.25, -0.2) is 0 Å². The van der Waals surface area contributed by atoms with Gasteiger partial charge in [0.2, 0.25) is 0 Å². The summed E-state index contributed by atoms with van der Waals surface area (Å²) < 4.78 is 16.2. The van der Waals surface area contributed by atoms with Crippen LogP contribution in [0.3, 0.4) is 0 Å². The molecule has 1 saturated heterocycles. The smallest absolute Gasteiger partial charge is 0.802 e. The van der Waals surface area contributed by atoms with E-state index in [1.165, 1.54) is 6.08 Å². The largest absolute Gasteiger partial charge is 2.00 e. The molecule has 28 heavy (non-hydrogen) atoms. The summed E-state index contributed by atoms with van der Waals surface area (Å²) in [5.74, 6) is 1.16. The number of morpholine rings is 1. The van der Waals surface area contributed by atoms with Crippen LogP contribution >= 0.6 is 0 Å². The minimum absolute atomic E-state index is 0. The van der Waals surface area contributed by atoms with Crippen LogP contribution < -0.4 is 10.5 Å². The molecule has 0 bridgehead atoms. The molecule has 0 atom stereocenters. The van der Waals surface area contributed by atoms with Gasteiger partial charge < -0.3 is 41.0 Å². The Morgan fingerprint density at radius 1 is 1.36 bits per heavy atom. The molecule has 1 aliphatic heterocycles. The third-order valence-electron chi connectivity index (χ3n) is 4.08. The Hall–Kier alpha value is -1.89. The Morgan fingerprint density at radius 2 is 2.07 bits per heavy atom. The van der Waals surface area contributed by atoms with Crippen LogP contribution in [0.15, 0.2) is 30.1 Å². The fourth-order valence-electron chi connectivity index (χ4n) is 2.63. The van der Waals surface area contributed by atoms with E-state index in [9.17, 15) is 5.41 Å². The summed E-state index contributed by atoms with van der Waals surface area (Å²) in [6.45, 7) is 6.03. The summed E-state index contributed by atoms with van der Waals surface area (Å²) in [5, 5.41) is 23.0. The Labute approximate surface area is 180 Å². The number of nitrogens with zero attached hydrogens (tertiary/aromatic N) is 3. The number of nitrogens with two attached hydrogens (primary N) is 1. The van der Waals surface area contributed by atoms with Gasteiger partial charge in [-0.2, -0.15) is 0 Å². The normalized spacial score (nSPS) is 14.2.